The van der Waals surface area contributed by atoms with Gasteiger partial charge in [-0.3, -0.25) is 14.3 Å². The molecular formula is C27H39N5O3. The molecule has 8 heteroatoms. The molecule has 2 fully saturated rings. The van der Waals surface area contributed by atoms with E-state index in [1.807, 2.05) is 11.0 Å². The molecule has 2 aliphatic rings. The van der Waals surface area contributed by atoms with E-state index in [0.29, 0.717) is 28.6 Å². The standard InChI is InChI=1S/C27H39N5O3/c1-27(2,3)24-17-22(31(4)30-24)25(33)29-21-16-20(6-7-23(21)35-5)26(34)32-14-10-19(11-15-32)18-8-12-28-13-9-18/h6-7,16-19,28H,8-15H2,1-5H3,(H,29,33). The van der Waals surface area contributed by atoms with Crippen LogP contribution in [0.15, 0.2) is 24.3 Å². The quantitative estimate of drug-likeness (QED) is 0.678. The van der Waals surface area contributed by atoms with Gasteiger partial charge in [-0.05, 0) is 74.9 Å². The van der Waals surface area contributed by atoms with Gasteiger partial charge in [-0.1, -0.05) is 20.8 Å². The molecule has 1 aromatic heterocycles. The number of hydrogen-bond donors (Lipinski definition) is 2. The Bertz CT molecular complexity index is 1060. The summed E-state index contributed by atoms with van der Waals surface area (Å²) in [4.78, 5) is 28.3. The predicted molar refractivity (Wildman–Crippen MR) is 137 cm³/mol. The lowest BCUT2D eigenvalue weighted by Crippen LogP contribution is -2.42. The van der Waals surface area contributed by atoms with E-state index in [1.54, 1.807) is 37.0 Å². The highest BCUT2D eigenvalue weighted by atomic mass is 16.5. The van der Waals surface area contributed by atoms with Crippen LogP contribution in [0.25, 0.3) is 0 Å². The molecule has 0 unspecified atom stereocenters. The molecule has 8 nitrogen and oxygen atoms in total. The van der Waals surface area contributed by atoms with Crippen molar-refractivity contribution in [1.29, 1.82) is 0 Å². The van der Waals surface area contributed by atoms with Crippen molar-refractivity contribution in [2.45, 2.75) is 51.9 Å². The van der Waals surface area contributed by atoms with Crippen LogP contribution in [0.5, 0.6) is 5.75 Å². The maximum absolute atomic E-state index is 13.3. The van der Waals surface area contributed by atoms with Crippen LogP contribution in [0.3, 0.4) is 0 Å². The summed E-state index contributed by atoms with van der Waals surface area (Å²) in [5, 5.41) is 10.9. The molecule has 190 valence electrons. The third kappa shape index (κ3) is 5.69. The number of hydrogen-bond acceptors (Lipinski definition) is 5. The molecule has 0 atom stereocenters. The number of likely N-dealkylation sites (tertiary alicyclic amines) is 1. The van der Waals surface area contributed by atoms with E-state index in [9.17, 15) is 9.59 Å². The number of carbonyl (C=O) groups excluding carboxylic acids is 2. The first-order valence-electron chi connectivity index (χ1n) is 12.7. The summed E-state index contributed by atoms with van der Waals surface area (Å²) in [6, 6.07) is 7.05. The van der Waals surface area contributed by atoms with Gasteiger partial charge in [0.15, 0.2) is 0 Å². The second-order valence-corrected chi connectivity index (χ2v) is 10.9. The first-order chi connectivity index (χ1) is 16.7. The highest BCUT2D eigenvalue weighted by Gasteiger charge is 2.30. The largest absolute Gasteiger partial charge is 0.495 e. The Labute approximate surface area is 208 Å². The van der Waals surface area contributed by atoms with Gasteiger partial charge in [-0.15, -0.1) is 0 Å². The zero-order valence-corrected chi connectivity index (χ0v) is 21.7. The van der Waals surface area contributed by atoms with E-state index >= 15 is 0 Å². The topological polar surface area (TPSA) is 88.5 Å². The lowest BCUT2D eigenvalue weighted by molar-refractivity contribution is 0.0642. The Kier molecular flexibility index (Phi) is 7.50. The van der Waals surface area contributed by atoms with Crippen molar-refractivity contribution in [1.82, 2.24) is 20.0 Å². The fourth-order valence-electron chi connectivity index (χ4n) is 5.24. The van der Waals surface area contributed by atoms with Gasteiger partial charge in [-0.25, -0.2) is 0 Å². The molecule has 2 aromatic rings. The summed E-state index contributed by atoms with van der Waals surface area (Å²) >= 11 is 0. The number of rotatable bonds is 5. The third-order valence-electron chi connectivity index (χ3n) is 7.45. The summed E-state index contributed by atoms with van der Waals surface area (Å²) in [6.07, 6.45) is 4.61. The number of nitrogens with one attached hydrogen (secondary N) is 2. The fourth-order valence-corrected chi connectivity index (χ4v) is 5.24. The SMILES string of the molecule is COc1ccc(C(=O)N2CCC(C3CCNCC3)CC2)cc1NC(=O)c1cc(C(C)(C)C)nn1C. The van der Waals surface area contributed by atoms with E-state index in [2.05, 4.69) is 36.5 Å². The third-order valence-corrected chi connectivity index (χ3v) is 7.45. The van der Waals surface area contributed by atoms with Gasteiger partial charge in [0.1, 0.15) is 11.4 Å². The second kappa shape index (κ2) is 10.4. The molecule has 3 heterocycles. The van der Waals surface area contributed by atoms with E-state index in [0.717, 1.165) is 50.6 Å². The van der Waals surface area contributed by atoms with Gasteiger partial charge in [0.25, 0.3) is 11.8 Å². The van der Waals surface area contributed by atoms with Crippen molar-refractivity contribution >= 4 is 17.5 Å². The minimum atomic E-state index is -0.291. The second-order valence-electron chi connectivity index (χ2n) is 10.9. The average Bonchev–Trinajstić information content (AvgIpc) is 3.26. The molecule has 2 saturated heterocycles. The number of nitrogens with zero attached hydrogens (tertiary/aromatic N) is 3. The molecule has 35 heavy (non-hydrogen) atoms. The molecule has 1 aromatic carbocycles. The van der Waals surface area contributed by atoms with E-state index in [1.165, 1.54) is 12.8 Å². The lowest BCUT2D eigenvalue weighted by Gasteiger charge is -2.37. The highest BCUT2D eigenvalue weighted by Crippen LogP contribution is 2.32. The molecule has 0 bridgehead atoms. The highest BCUT2D eigenvalue weighted by molar-refractivity contribution is 6.05. The van der Waals surface area contributed by atoms with Crippen LogP contribution in [0.2, 0.25) is 0 Å². The number of aryl methyl sites for hydroxylation is 1. The van der Waals surface area contributed by atoms with Crippen molar-refractivity contribution in [3.05, 3.63) is 41.2 Å². The van der Waals surface area contributed by atoms with Crippen molar-refractivity contribution in [2.75, 3.05) is 38.6 Å². The van der Waals surface area contributed by atoms with Crippen LogP contribution < -0.4 is 15.4 Å². The average molecular weight is 482 g/mol. The fraction of sp³-hybridized carbons (Fsp3) is 0.593. The molecule has 0 aliphatic carbocycles. The van der Waals surface area contributed by atoms with Crippen LogP contribution in [0.1, 0.15) is 73.0 Å². The van der Waals surface area contributed by atoms with Gasteiger partial charge in [-0.2, -0.15) is 5.10 Å². The number of carbonyl (C=O) groups is 2. The first kappa shape index (κ1) is 25.2. The van der Waals surface area contributed by atoms with Crippen LogP contribution >= 0.6 is 0 Å². The van der Waals surface area contributed by atoms with Gasteiger partial charge in [0, 0.05) is 31.1 Å². The Morgan fingerprint density at radius 3 is 2.31 bits per heavy atom. The molecule has 0 radical (unpaired) electrons. The van der Waals surface area contributed by atoms with Gasteiger partial charge in [0.2, 0.25) is 0 Å². The van der Waals surface area contributed by atoms with Crippen molar-refractivity contribution in [3.8, 4) is 5.75 Å². The van der Waals surface area contributed by atoms with Crippen LogP contribution in [-0.2, 0) is 12.5 Å². The maximum atomic E-state index is 13.3. The number of piperidine rings is 2. The Morgan fingerprint density at radius 1 is 1.06 bits per heavy atom. The summed E-state index contributed by atoms with van der Waals surface area (Å²) in [7, 11) is 3.31. The number of amides is 2. The summed E-state index contributed by atoms with van der Waals surface area (Å²) in [5.41, 5.74) is 2.16. The molecule has 0 spiro atoms. The van der Waals surface area contributed by atoms with Crippen molar-refractivity contribution in [2.24, 2.45) is 18.9 Å². The number of aromatic nitrogens is 2. The van der Waals surface area contributed by atoms with Gasteiger partial charge >= 0.3 is 0 Å². The Balaban J connectivity index is 1.45. The molecule has 0 saturated carbocycles. The van der Waals surface area contributed by atoms with E-state index in [4.69, 9.17) is 4.74 Å². The van der Waals surface area contributed by atoms with Crippen LogP contribution in [0, 0.1) is 11.8 Å². The van der Waals surface area contributed by atoms with E-state index < -0.39 is 0 Å². The van der Waals surface area contributed by atoms with Gasteiger partial charge in [0.05, 0.1) is 18.5 Å². The Morgan fingerprint density at radius 2 is 1.71 bits per heavy atom. The molecule has 2 amide bonds. The summed E-state index contributed by atoms with van der Waals surface area (Å²) in [5.74, 6) is 1.72. The lowest BCUT2D eigenvalue weighted by atomic mass is 9.79. The van der Waals surface area contributed by atoms with Crippen LogP contribution in [-0.4, -0.2) is 59.8 Å². The van der Waals surface area contributed by atoms with E-state index in [-0.39, 0.29) is 17.2 Å². The minimum absolute atomic E-state index is 0.00228. The smallest absolute Gasteiger partial charge is 0.274 e. The summed E-state index contributed by atoms with van der Waals surface area (Å²) < 4.78 is 7.05. The number of ether oxygens (including phenoxy) is 1. The van der Waals surface area contributed by atoms with Gasteiger partial charge < -0.3 is 20.3 Å². The molecule has 2 aliphatic heterocycles. The van der Waals surface area contributed by atoms with Crippen molar-refractivity contribution in [3.63, 3.8) is 0 Å². The number of anilines is 1. The summed E-state index contributed by atoms with van der Waals surface area (Å²) in [6.45, 7) is 9.97. The van der Waals surface area contributed by atoms with Crippen molar-refractivity contribution < 1.29 is 14.3 Å². The zero-order valence-electron chi connectivity index (χ0n) is 21.7. The minimum Gasteiger partial charge on any atom is -0.495 e. The first-order valence-corrected chi connectivity index (χ1v) is 12.7. The number of benzene rings is 1. The molecule has 4 rings (SSSR count). The molecule has 2 N–H and O–H groups in total. The molecular weight excluding hydrogens is 442 g/mol. The monoisotopic (exact) mass is 481 g/mol. The van der Waals surface area contributed by atoms with Crippen LogP contribution in [0.4, 0.5) is 5.69 Å². The number of methoxy groups -OCH3 is 1. The zero-order chi connectivity index (χ0) is 25.2. The normalized spacial score (nSPS) is 17.9. The Hall–Kier alpha value is -2.87. The predicted octanol–water partition coefficient (Wildman–Crippen LogP) is 3.83. The maximum Gasteiger partial charge on any atom is 0.274 e.